The largest absolute Gasteiger partial charge is 0.247 e. The summed E-state index contributed by atoms with van der Waals surface area (Å²) in [5, 5.41) is 1.90. The van der Waals surface area contributed by atoms with Gasteiger partial charge in [-0.15, -0.1) is 0 Å². The van der Waals surface area contributed by atoms with Crippen molar-refractivity contribution < 1.29 is 0 Å². The Balaban J connectivity index is 1.66. The molecule has 0 radical (unpaired) electrons. The Hall–Kier alpha value is -4.20. The van der Waals surface area contributed by atoms with Crippen molar-refractivity contribution in [1.29, 1.82) is 0 Å². The molecule has 0 N–H and O–H groups in total. The molecule has 0 saturated heterocycles. The molecule has 0 unspecified atom stereocenters. The summed E-state index contributed by atoms with van der Waals surface area (Å²) in [5.74, 6) is 0. The number of rotatable bonds is 1. The first-order valence-corrected chi connectivity index (χ1v) is 12.7. The van der Waals surface area contributed by atoms with Gasteiger partial charge in [0.1, 0.15) is 0 Å². The molecule has 5 aromatic carbocycles. The molecule has 1 aromatic heterocycles. The number of halogens is 1. The van der Waals surface area contributed by atoms with Crippen LogP contribution in [0.15, 0.2) is 121 Å². The molecule has 168 valence electrons. The number of aromatic nitrogens is 1. The lowest BCUT2D eigenvalue weighted by atomic mass is 9.69. The van der Waals surface area contributed by atoms with Crippen molar-refractivity contribution in [3.05, 3.63) is 149 Å². The first kappa shape index (κ1) is 20.0. The summed E-state index contributed by atoms with van der Waals surface area (Å²) in [4.78, 5) is 5.26. The van der Waals surface area contributed by atoms with Crippen LogP contribution in [0.3, 0.4) is 0 Å². The summed E-state index contributed by atoms with van der Waals surface area (Å²) >= 11 is 6.81. The van der Waals surface area contributed by atoms with E-state index in [-0.39, 0.29) is 0 Å². The van der Waals surface area contributed by atoms with E-state index in [4.69, 9.17) is 16.6 Å². The van der Waals surface area contributed by atoms with Crippen molar-refractivity contribution in [3.8, 4) is 33.5 Å². The number of hydrogen-bond acceptors (Lipinski definition) is 1. The third kappa shape index (κ3) is 2.34. The van der Waals surface area contributed by atoms with Crippen LogP contribution in [0.5, 0.6) is 0 Å². The minimum atomic E-state index is -0.419. The summed E-state index contributed by atoms with van der Waals surface area (Å²) in [6.07, 6.45) is 0. The van der Waals surface area contributed by atoms with Gasteiger partial charge in [-0.05, 0) is 51.1 Å². The minimum Gasteiger partial charge on any atom is -0.247 e. The minimum absolute atomic E-state index is 0.419. The van der Waals surface area contributed by atoms with Crippen LogP contribution in [-0.2, 0) is 5.41 Å². The van der Waals surface area contributed by atoms with E-state index in [0.717, 1.165) is 16.8 Å². The smallest absolute Gasteiger partial charge is 0.0806 e. The van der Waals surface area contributed by atoms with Crippen LogP contribution in [0, 0.1) is 0 Å². The molecule has 1 heterocycles. The van der Waals surface area contributed by atoms with Crippen molar-refractivity contribution in [1.82, 2.24) is 4.98 Å². The highest BCUT2D eigenvalue weighted by Gasteiger charge is 2.53. The van der Waals surface area contributed by atoms with Crippen LogP contribution in [0.2, 0.25) is 5.02 Å². The highest BCUT2D eigenvalue weighted by atomic mass is 35.5. The summed E-state index contributed by atoms with van der Waals surface area (Å²) in [6, 6.07) is 43.3. The lowest BCUT2D eigenvalue weighted by Crippen LogP contribution is -2.26. The van der Waals surface area contributed by atoms with Crippen molar-refractivity contribution in [2.24, 2.45) is 0 Å². The van der Waals surface area contributed by atoms with Gasteiger partial charge >= 0.3 is 0 Å². The summed E-state index contributed by atoms with van der Waals surface area (Å²) in [7, 11) is 0. The lowest BCUT2D eigenvalue weighted by Gasteiger charge is -2.31. The molecule has 0 fully saturated rings. The van der Waals surface area contributed by atoms with Crippen LogP contribution >= 0.6 is 11.6 Å². The first-order chi connectivity index (χ1) is 17.8. The van der Waals surface area contributed by atoms with Crippen LogP contribution in [-0.4, -0.2) is 4.98 Å². The fraction of sp³-hybridized carbons (Fsp3) is 0.0294. The summed E-state index contributed by atoms with van der Waals surface area (Å²) < 4.78 is 0. The number of hydrogen-bond donors (Lipinski definition) is 0. The van der Waals surface area contributed by atoms with Crippen LogP contribution < -0.4 is 0 Å². The summed E-state index contributed by atoms with van der Waals surface area (Å²) in [5.41, 5.74) is 12.8. The number of nitrogens with zero attached hydrogens (tertiary/aromatic N) is 1. The second-order valence-electron chi connectivity index (χ2n) is 9.59. The first-order valence-electron chi connectivity index (χ1n) is 12.3. The molecule has 0 aliphatic heterocycles. The number of fused-ring (bicyclic) bond motifs is 12. The van der Waals surface area contributed by atoms with E-state index >= 15 is 0 Å². The predicted octanol–water partition coefficient (Wildman–Crippen LogP) is 8.90. The Morgan fingerprint density at radius 2 is 1.00 bits per heavy atom. The maximum Gasteiger partial charge on any atom is 0.0806 e. The zero-order chi connectivity index (χ0) is 23.9. The quantitative estimate of drug-likeness (QED) is 0.230. The van der Waals surface area contributed by atoms with Crippen molar-refractivity contribution in [2.45, 2.75) is 5.41 Å². The van der Waals surface area contributed by atoms with Gasteiger partial charge in [-0.3, -0.25) is 0 Å². The van der Waals surface area contributed by atoms with E-state index in [2.05, 4.69) is 103 Å². The number of benzene rings is 5. The fourth-order valence-electron chi connectivity index (χ4n) is 6.67. The second kappa shape index (κ2) is 7.16. The van der Waals surface area contributed by atoms with Crippen LogP contribution in [0.1, 0.15) is 22.3 Å². The normalized spacial score (nSPS) is 13.9. The predicted molar refractivity (Wildman–Crippen MR) is 148 cm³/mol. The van der Waals surface area contributed by atoms with Gasteiger partial charge in [0.05, 0.1) is 16.6 Å². The van der Waals surface area contributed by atoms with Gasteiger partial charge < -0.3 is 0 Å². The molecular weight excluding hydrogens is 458 g/mol. The summed E-state index contributed by atoms with van der Waals surface area (Å²) in [6.45, 7) is 0. The van der Waals surface area contributed by atoms with Gasteiger partial charge in [0.25, 0.3) is 0 Å². The maximum absolute atomic E-state index is 6.81. The van der Waals surface area contributed by atoms with Crippen molar-refractivity contribution >= 4 is 22.5 Å². The molecule has 0 amide bonds. The Morgan fingerprint density at radius 1 is 0.500 bits per heavy atom. The molecule has 36 heavy (non-hydrogen) atoms. The van der Waals surface area contributed by atoms with E-state index in [1.165, 1.54) is 49.9 Å². The van der Waals surface area contributed by atoms with Crippen LogP contribution in [0.25, 0.3) is 44.4 Å². The fourth-order valence-corrected chi connectivity index (χ4v) is 6.89. The van der Waals surface area contributed by atoms with Gasteiger partial charge in [-0.1, -0.05) is 121 Å². The van der Waals surface area contributed by atoms with E-state index in [0.29, 0.717) is 5.02 Å². The Morgan fingerprint density at radius 3 is 1.67 bits per heavy atom. The van der Waals surface area contributed by atoms with Crippen molar-refractivity contribution in [2.75, 3.05) is 0 Å². The molecule has 0 saturated carbocycles. The van der Waals surface area contributed by atoms with E-state index in [1.54, 1.807) is 0 Å². The van der Waals surface area contributed by atoms with E-state index in [1.807, 2.05) is 18.2 Å². The molecule has 1 spiro atoms. The van der Waals surface area contributed by atoms with Crippen molar-refractivity contribution in [3.63, 3.8) is 0 Å². The SMILES string of the molecule is Clc1ccccc1-c1nc2ccccc2c2c1-c1ccccc1C21c2ccccc2-c2ccccc21. The average molecular weight is 478 g/mol. The van der Waals surface area contributed by atoms with Gasteiger partial charge in [0.15, 0.2) is 0 Å². The Kier molecular flexibility index (Phi) is 3.99. The molecular formula is C34H20ClN. The topological polar surface area (TPSA) is 12.9 Å². The molecule has 0 bridgehead atoms. The Bertz CT molecular complexity index is 1820. The highest BCUT2D eigenvalue weighted by molar-refractivity contribution is 6.33. The van der Waals surface area contributed by atoms with Gasteiger partial charge in [-0.25, -0.2) is 4.98 Å². The maximum atomic E-state index is 6.81. The zero-order valence-electron chi connectivity index (χ0n) is 19.4. The molecule has 8 rings (SSSR count). The number of pyridine rings is 1. The zero-order valence-corrected chi connectivity index (χ0v) is 20.1. The second-order valence-corrected chi connectivity index (χ2v) is 10.0. The van der Waals surface area contributed by atoms with E-state index < -0.39 is 5.41 Å². The molecule has 2 aliphatic rings. The molecule has 1 nitrogen and oxygen atoms in total. The third-order valence-corrected chi connectivity index (χ3v) is 8.28. The molecule has 2 heteroatoms. The lowest BCUT2D eigenvalue weighted by molar-refractivity contribution is 0.801. The molecule has 0 atom stereocenters. The van der Waals surface area contributed by atoms with Gasteiger partial charge in [0, 0.05) is 21.5 Å². The average Bonchev–Trinajstić information content (AvgIpc) is 3.41. The highest BCUT2D eigenvalue weighted by Crippen LogP contribution is 2.65. The Labute approximate surface area is 214 Å². The van der Waals surface area contributed by atoms with Gasteiger partial charge in [0.2, 0.25) is 0 Å². The standard InChI is InChI=1S/C34H20ClN/c35-29-19-9-4-14-24(29)33-31-23-13-3-8-18-28(23)34(32(31)25-15-5-10-20-30(25)36-33)26-16-6-1-11-21(26)22-12-2-7-17-27(22)34/h1-20H. The van der Waals surface area contributed by atoms with Gasteiger partial charge in [-0.2, -0.15) is 0 Å². The monoisotopic (exact) mass is 477 g/mol. The van der Waals surface area contributed by atoms with Crippen LogP contribution in [0.4, 0.5) is 0 Å². The molecule has 6 aromatic rings. The number of para-hydroxylation sites is 1. The van der Waals surface area contributed by atoms with E-state index in [9.17, 15) is 0 Å². The third-order valence-electron chi connectivity index (χ3n) is 7.95. The molecule has 2 aliphatic carbocycles.